The van der Waals surface area contributed by atoms with E-state index < -0.39 is 0 Å². The zero-order valence-electron chi connectivity index (χ0n) is 16.8. The first-order valence-electron chi connectivity index (χ1n) is 9.14. The van der Waals surface area contributed by atoms with E-state index in [4.69, 9.17) is 5.84 Å². The number of nitrogens with two attached hydrogens (primary N) is 1. The summed E-state index contributed by atoms with van der Waals surface area (Å²) >= 11 is 4.54. The molecule has 11 heteroatoms. The molecular formula is C20H20BrN7O2S. The summed E-state index contributed by atoms with van der Waals surface area (Å²) < 4.78 is 2.22. The van der Waals surface area contributed by atoms with Gasteiger partial charge in [0.15, 0.2) is 5.78 Å². The molecule has 3 aromatic rings. The highest BCUT2D eigenvalue weighted by Gasteiger charge is 2.12. The fourth-order valence-corrected chi connectivity index (χ4v) is 3.38. The van der Waals surface area contributed by atoms with E-state index in [2.05, 4.69) is 42.0 Å². The zero-order valence-corrected chi connectivity index (χ0v) is 19.2. The first-order chi connectivity index (χ1) is 14.8. The number of carbonyl (C=O) groups is 2. The lowest BCUT2D eigenvalue weighted by atomic mass is 10.1. The second kappa shape index (κ2) is 10.2. The fraction of sp³-hybridized carbons (Fsp3) is 0.150. The summed E-state index contributed by atoms with van der Waals surface area (Å²) in [7, 11) is 0. The van der Waals surface area contributed by atoms with Crippen molar-refractivity contribution in [2.75, 3.05) is 22.3 Å². The predicted octanol–water partition coefficient (Wildman–Crippen LogP) is 3.52. The minimum Gasteiger partial charge on any atom is -0.334 e. The van der Waals surface area contributed by atoms with Gasteiger partial charge in [0, 0.05) is 15.7 Å². The van der Waals surface area contributed by atoms with E-state index in [-0.39, 0.29) is 23.4 Å². The van der Waals surface area contributed by atoms with Crippen molar-refractivity contribution in [2.24, 2.45) is 5.10 Å². The molecule has 0 bridgehead atoms. The summed E-state index contributed by atoms with van der Waals surface area (Å²) in [6, 6.07) is 14.4. The van der Waals surface area contributed by atoms with Crippen LogP contribution < -0.4 is 16.6 Å². The number of nitrogen functional groups attached to an aromatic ring is 1. The summed E-state index contributed by atoms with van der Waals surface area (Å²) in [5.74, 6) is 6.07. The summed E-state index contributed by atoms with van der Waals surface area (Å²) in [6.45, 7) is 3.35. The van der Waals surface area contributed by atoms with Crippen LogP contribution in [-0.2, 0) is 4.79 Å². The van der Waals surface area contributed by atoms with E-state index in [1.807, 2.05) is 31.2 Å². The Bertz CT molecular complexity index is 1110. The van der Waals surface area contributed by atoms with E-state index in [0.717, 1.165) is 27.5 Å². The topological polar surface area (TPSA) is 127 Å². The van der Waals surface area contributed by atoms with Gasteiger partial charge in [0.25, 0.3) is 5.95 Å². The molecule has 0 aliphatic carbocycles. The third kappa shape index (κ3) is 6.15. The van der Waals surface area contributed by atoms with Gasteiger partial charge in [0.2, 0.25) is 11.1 Å². The summed E-state index contributed by atoms with van der Waals surface area (Å²) in [5.41, 5.74) is 5.67. The average molecular weight is 502 g/mol. The first-order valence-corrected chi connectivity index (χ1v) is 10.9. The Morgan fingerprint density at radius 1 is 1.06 bits per heavy atom. The van der Waals surface area contributed by atoms with Gasteiger partial charge in [0.1, 0.15) is 0 Å². The highest BCUT2D eigenvalue weighted by molar-refractivity contribution is 9.10. The molecule has 0 fully saturated rings. The molecule has 0 aliphatic heterocycles. The van der Waals surface area contributed by atoms with Crippen LogP contribution in [-0.4, -0.2) is 38.0 Å². The Hall–Kier alpha value is -3.18. The molecule has 0 unspecified atom stereocenters. The molecule has 31 heavy (non-hydrogen) atoms. The molecule has 0 saturated heterocycles. The van der Waals surface area contributed by atoms with Crippen molar-refractivity contribution in [1.29, 1.82) is 0 Å². The molecule has 160 valence electrons. The van der Waals surface area contributed by atoms with Gasteiger partial charge in [-0.25, -0.2) is 10.1 Å². The van der Waals surface area contributed by atoms with Crippen LogP contribution in [0.3, 0.4) is 0 Å². The lowest BCUT2D eigenvalue weighted by Gasteiger charge is -2.06. The molecule has 0 aliphatic rings. The van der Waals surface area contributed by atoms with E-state index in [1.54, 1.807) is 24.3 Å². The molecule has 1 aromatic heterocycles. The van der Waals surface area contributed by atoms with Gasteiger partial charge >= 0.3 is 0 Å². The predicted molar refractivity (Wildman–Crippen MR) is 126 cm³/mol. The Labute approximate surface area is 191 Å². The Kier molecular flexibility index (Phi) is 7.42. The van der Waals surface area contributed by atoms with Crippen molar-refractivity contribution in [3.63, 3.8) is 0 Å². The number of ketones is 1. The quantitative estimate of drug-likeness (QED) is 0.141. The first kappa shape index (κ1) is 22.5. The summed E-state index contributed by atoms with van der Waals surface area (Å²) in [5, 5.41) is 15.3. The van der Waals surface area contributed by atoms with Crippen LogP contribution >= 0.6 is 27.7 Å². The maximum absolute atomic E-state index is 12.2. The van der Waals surface area contributed by atoms with Crippen molar-refractivity contribution in [3.05, 3.63) is 64.1 Å². The molecule has 4 N–H and O–H groups in total. The zero-order chi connectivity index (χ0) is 22.4. The van der Waals surface area contributed by atoms with Crippen molar-refractivity contribution >= 4 is 56.7 Å². The number of hydrogen-bond acceptors (Lipinski definition) is 8. The molecule has 0 atom stereocenters. The van der Waals surface area contributed by atoms with Gasteiger partial charge in [-0.2, -0.15) is 5.10 Å². The highest BCUT2D eigenvalue weighted by Crippen LogP contribution is 2.18. The molecule has 0 spiro atoms. The van der Waals surface area contributed by atoms with Crippen LogP contribution in [0, 0.1) is 0 Å². The number of carbonyl (C=O) groups excluding carboxylic acids is 2. The summed E-state index contributed by atoms with van der Waals surface area (Å²) in [6.07, 6.45) is 0. The summed E-state index contributed by atoms with van der Waals surface area (Å²) in [4.78, 5) is 23.5. The van der Waals surface area contributed by atoms with E-state index >= 15 is 0 Å². The number of anilines is 2. The largest absolute Gasteiger partial charge is 0.334 e. The third-order valence-corrected chi connectivity index (χ3v) is 5.63. The molecule has 0 saturated carbocycles. The number of hydrazone groups is 1. The number of aromatic nitrogens is 3. The number of rotatable bonds is 8. The smallest absolute Gasteiger partial charge is 0.264 e. The Balaban J connectivity index is 1.55. The number of nitrogens with zero attached hydrogens (tertiary/aromatic N) is 4. The van der Waals surface area contributed by atoms with Gasteiger partial charge in [-0.15, -0.1) is 10.2 Å². The van der Waals surface area contributed by atoms with Crippen LogP contribution in [0.15, 0.2) is 63.3 Å². The van der Waals surface area contributed by atoms with Crippen molar-refractivity contribution in [3.8, 4) is 0 Å². The van der Waals surface area contributed by atoms with E-state index in [1.165, 1.54) is 11.6 Å². The standard InChI is InChI=1S/C20H20BrN7O2S/c1-12(14-3-7-16(21)8-4-14)24-25-19-26-27-20(28(19)22)31-11-18(30)23-17-9-5-15(6-10-17)13(2)29/h3-10H,11,22H2,1-2H3,(H,23,30)(H,25,26)/b24-12+. The Morgan fingerprint density at radius 2 is 1.71 bits per heavy atom. The van der Waals surface area contributed by atoms with Crippen LogP contribution in [0.4, 0.5) is 11.6 Å². The van der Waals surface area contributed by atoms with E-state index in [9.17, 15) is 9.59 Å². The number of hydrogen-bond donors (Lipinski definition) is 3. The highest BCUT2D eigenvalue weighted by atomic mass is 79.9. The molecule has 2 aromatic carbocycles. The fourth-order valence-electron chi connectivity index (χ4n) is 2.46. The van der Waals surface area contributed by atoms with Crippen LogP contribution in [0.25, 0.3) is 0 Å². The van der Waals surface area contributed by atoms with Gasteiger partial charge in [0.05, 0.1) is 11.5 Å². The molecule has 0 radical (unpaired) electrons. The minimum atomic E-state index is -0.234. The molecular weight excluding hydrogens is 482 g/mol. The Morgan fingerprint density at radius 3 is 2.35 bits per heavy atom. The number of nitrogens with one attached hydrogen (secondary N) is 2. The number of halogens is 1. The third-order valence-electron chi connectivity index (χ3n) is 4.16. The van der Waals surface area contributed by atoms with Crippen molar-refractivity contribution in [1.82, 2.24) is 14.9 Å². The van der Waals surface area contributed by atoms with Crippen molar-refractivity contribution < 1.29 is 9.59 Å². The van der Waals surface area contributed by atoms with Gasteiger partial charge < -0.3 is 11.2 Å². The number of thioether (sulfide) groups is 1. The van der Waals surface area contributed by atoms with Crippen LogP contribution in [0.2, 0.25) is 0 Å². The van der Waals surface area contributed by atoms with Crippen molar-refractivity contribution in [2.45, 2.75) is 19.0 Å². The molecule has 1 amide bonds. The van der Waals surface area contributed by atoms with E-state index in [0.29, 0.717) is 16.4 Å². The maximum atomic E-state index is 12.2. The molecule has 3 rings (SSSR count). The minimum absolute atomic E-state index is 0.0310. The molecule has 1 heterocycles. The lowest BCUT2D eigenvalue weighted by molar-refractivity contribution is -0.113. The van der Waals surface area contributed by atoms with Gasteiger partial charge in [-0.1, -0.05) is 39.8 Å². The van der Waals surface area contributed by atoms with Crippen LogP contribution in [0.5, 0.6) is 0 Å². The number of Topliss-reactive ketones (excluding diaryl/α,β-unsaturated/α-hetero) is 1. The second-order valence-corrected chi connectivity index (χ2v) is 8.32. The number of amides is 1. The normalized spacial score (nSPS) is 11.3. The second-order valence-electron chi connectivity index (χ2n) is 6.46. The SMILES string of the molecule is CC(=O)c1ccc(NC(=O)CSc2nnc(N/N=C(\C)c3ccc(Br)cc3)n2N)cc1. The average Bonchev–Trinajstić information content (AvgIpc) is 3.11. The molecule has 9 nitrogen and oxygen atoms in total. The maximum Gasteiger partial charge on any atom is 0.264 e. The lowest BCUT2D eigenvalue weighted by Crippen LogP contribution is -2.17. The van der Waals surface area contributed by atoms with Crippen LogP contribution in [0.1, 0.15) is 29.8 Å². The van der Waals surface area contributed by atoms with Gasteiger partial charge in [-0.05, 0) is 55.8 Å². The number of benzene rings is 2. The monoisotopic (exact) mass is 501 g/mol. The van der Waals surface area contributed by atoms with Gasteiger partial charge in [-0.3, -0.25) is 9.59 Å².